The van der Waals surface area contributed by atoms with E-state index in [1.165, 1.54) is 0 Å². The summed E-state index contributed by atoms with van der Waals surface area (Å²) in [5.74, 6) is -2.12. The lowest BCUT2D eigenvalue weighted by Gasteiger charge is -2.15. The van der Waals surface area contributed by atoms with E-state index in [0.717, 1.165) is 6.92 Å². The molecule has 10 heteroatoms. The predicted octanol–water partition coefficient (Wildman–Crippen LogP) is -0.843. The van der Waals surface area contributed by atoms with Gasteiger partial charge in [0.25, 0.3) is 20.2 Å². The molecule has 0 aliphatic heterocycles. The summed E-state index contributed by atoms with van der Waals surface area (Å²) in [5, 5.41) is 4.59. The molecule has 0 aliphatic rings. The van der Waals surface area contributed by atoms with Crippen molar-refractivity contribution in [2.24, 2.45) is 0 Å². The summed E-state index contributed by atoms with van der Waals surface area (Å²) in [6, 6.07) is 0. The summed E-state index contributed by atoms with van der Waals surface area (Å²) in [6.07, 6.45) is -0.500. The normalized spacial score (nSPS) is 15.2. The van der Waals surface area contributed by atoms with E-state index >= 15 is 0 Å². The van der Waals surface area contributed by atoms with Crippen molar-refractivity contribution in [3.05, 3.63) is 5.25 Å². The average molecular weight is 261 g/mol. The van der Waals surface area contributed by atoms with Gasteiger partial charge in [0.1, 0.15) is 5.25 Å². The van der Waals surface area contributed by atoms with Crippen LogP contribution in [-0.2, 0) is 25.0 Å². The van der Waals surface area contributed by atoms with Gasteiger partial charge in [-0.15, -0.1) is 0 Å². The Morgan fingerprint density at radius 2 is 1.60 bits per heavy atom. The van der Waals surface area contributed by atoms with Gasteiger partial charge in [0.05, 0.1) is 0 Å². The molecular formula is C5H9O8S2. The highest BCUT2D eigenvalue weighted by atomic mass is 32.2. The fraction of sp³-hybridized carbons (Fsp3) is 0.600. The van der Waals surface area contributed by atoms with E-state index in [-0.39, 0.29) is 0 Å². The van der Waals surface area contributed by atoms with Crippen LogP contribution in [0.1, 0.15) is 13.3 Å². The van der Waals surface area contributed by atoms with Crippen molar-refractivity contribution in [1.29, 1.82) is 0 Å². The first-order chi connectivity index (χ1) is 6.51. The van der Waals surface area contributed by atoms with Gasteiger partial charge < -0.3 is 5.11 Å². The van der Waals surface area contributed by atoms with Gasteiger partial charge in [0, 0.05) is 0 Å². The molecule has 8 nitrogen and oxygen atoms in total. The Hall–Kier alpha value is -0.710. The predicted molar refractivity (Wildman–Crippen MR) is 48.1 cm³/mol. The maximum atomic E-state index is 10.7. The van der Waals surface area contributed by atoms with Gasteiger partial charge >= 0.3 is 5.97 Å². The van der Waals surface area contributed by atoms with E-state index in [1.54, 1.807) is 0 Å². The van der Waals surface area contributed by atoms with Crippen LogP contribution in [0.3, 0.4) is 0 Å². The van der Waals surface area contributed by atoms with Crippen LogP contribution in [0.4, 0.5) is 0 Å². The van der Waals surface area contributed by atoms with Crippen LogP contribution in [0.15, 0.2) is 0 Å². The van der Waals surface area contributed by atoms with Crippen molar-refractivity contribution in [3.63, 3.8) is 0 Å². The van der Waals surface area contributed by atoms with Crippen LogP contribution in [0.5, 0.6) is 0 Å². The molecule has 1 unspecified atom stereocenters. The number of rotatable bonds is 5. The lowest BCUT2D eigenvalue weighted by Crippen LogP contribution is -2.37. The molecule has 0 spiro atoms. The molecule has 89 valence electrons. The molecule has 0 aromatic carbocycles. The van der Waals surface area contributed by atoms with Gasteiger partial charge in [-0.05, 0) is 6.42 Å². The first kappa shape index (κ1) is 14.3. The minimum absolute atomic E-state index is 0.500. The number of hydrogen-bond acceptors (Lipinski definition) is 5. The van der Waals surface area contributed by atoms with Gasteiger partial charge in [0.15, 0.2) is 0 Å². The molecule has 15 heavy (non-hydrogen) atoms. The second kappa shape index (κ2) is 4.43. The standard InChI is InChI=1S/C5H9O8S2/c1-2-3(14(8,9)10)4(5(6)7)15(11,12)13/h3H,2H2,1H3,(H,6,7)(H,8,9,10)(H,11,12,13). The SMILES string of the molecule is CCC([C](C(=O)O)S(=O)(=O)O)S(=O)(=O)O. The monoisotopic (exact) mass is 261 g/mol. The molecule has 0 aromatic rings. The molecule has 0 saturated carbocycles. The third-order valence-corrected chi connectivity index (χ3v) is 3.96. The summed E-state index contributed by atoms with van der Waals surface area (Å²) in [4.78, 5) is 10.4. The zero-order chi connectivity index (χ0) is 12.4. The number of hydrogen-bond donors (Lipinski definition) is 3. The van der Waals surface area contributed by atoms with Crippen molar-refractivity contribution in [2.45, 2.75) is 18.6 Å². The molecule has 0 bridgehead atoms. The third kappa shape index (κ3) is 3.74. The number of carboxylic acid groups (broad SMARTS) is 1. The minimum atomic E-state index is -5.18. The van der Waals surface area contributed by atoms with Crippen LogP contribution in [0.25, 0.3) is 0 Å². The van der Waals surface area contributed by atoms with Gasteiger partial charge in [-0.2, -0.15) is 16.8 Å². The van der Waals surface area contributed by atoms with E-state index in [2.05, 4.69) is 0 Å². The molecule has 0 saturated heterocycles. The molecule has 0 heterocycles. The van der Waals surface area contributed by atoms with Crippen LogP contribution < -0.4 is 0 Å². The van der Waals surface area contributed by atoms with Gasteiger partial charge in [-0.25, -0.2) is 0 Å². The van der Waals surface area contributed by atoms with E-state index in [4.69, 9.17) is 14.2 Å². The first-order valence-corrected chi connectivity index (χ1v) is 6.50. The van der Waals surface area contributed by atoms with Crippen LogP contribution in [0, 0.1) is 5.25 Å². The second-order valence-electron chi connectivity index (χ2n) is 2.56. The lowest BCUT2D eigenvalue weighted by molar-refractivity contribution is -0.133. The summed E-state index contributed by atoms with van der Waals surface area (Å²) in [7, 11) is -10.1. The molecule has 0 rings (SSSR count). The Morgan fingerprint density at radius 3 is 1.67 bits per heavy atom. The molecule has 1 radical (unpaired) electrons. The highest BCUT2D eigenvalue weighted by Gasteiger charge is 2.46. The van der Waals surface area contributed by atoms with E-state index in [9.17, 15) is 21.6 Å². The largest absolute Gasteiger partial charge is 0.480 e. The Kier molecular flexibility index (Phi) is 4.22. The fourth-order valence-electron chi connectivity index (χ4n) is 0.945. The first-order valence-electron chi connectivity index (χ1n) is 3.55. The van der Waals surface area contributed by atoms with Crippen LogP contribution in [-0.4, -0.2) is 42.3 Å². The highest BCUT2D eigenvalue weighted by Crippen LogP contribution is 2.23. The molecule has 0 fully saturated rings. The van der Waals surface area contributed by atoms with Gasteiger partial charge in [-0.1, -0.05) is 6.92 Å². The highest BCUT2D eigenvalue weighted by molar-refractivity contribution is 7.93. The topological polar surface area (TPSA) is 146 Å². The molecule has 0 amide bonds. The van der Waals surface area contributed by atoms with Crippen molar-refractivity contribution in [3.8, 4) is 0 Å². The van der Waals surface area contributed by atoms with Gasteiger partial charge in [-0.3, -0.25) is 13.9 Å². The number of carbonyl (C=O) groups is 1. The van der Waals surface area contributed by atoms with Crippen LogP contribution in [0.2, 0.25) is 0 Å². The summed E-state index contributed by atoms with van der Waals surface area (Å²) in [5.41, 5.74) is 0. The molecular weight excluding hydrogens is 252 g/mol. The van der Waals surface area contributed by atoms with Crippen LogP contribution >= 0.6 is 0 Å². The van der Waals surface area contributed by atoms with E-state index in [1.807, 2.05) is 0 Å². The Bertz CT molecular complexity index is 432. The summed E-state index contributed by atoms with van der Waals surface area (Å²) in [6.45, 7) is 1.15. The summed E-state index contributed by atoms with van der Waals surface area (Å²) >= 11 is 0. The Balaban J connectivity index is 5.55. The third-order valence-electron chi connectivity index (χ3n) is 1.51. The smallest absolute Gasteiger partial charge is 0.331 e. The zero-order valence-corrected chi connectivity index (χ0v) is 9.12. The molecule has 1 atom stereocenters. The second-order valence-corrected chi connectivity index (χ2v) is 5.55. The Labute approximate surface area is 86.4 Å². The summed E-state index contributed by atoms with van der Waals surface area (Å²) < 4.78 is 59.5. The quantitative estimate of drug-likeness (QED) is 0.543. The number of aliphatic carboxylic acids is 1. The molecule has 0 aromatic heterocycles. The maximum absolute atomic E-state index is 10.7. The number of carboxylic acids is 1. The van der Waals surface area contributed by atoms with Crippen molar-refractivity contribution < 1.29 is 35.8 Å². The zero-order valence-electron chi connectivity index (χ0n) is 7.48. The van der Waals surface area contributed by atoms with E-state index in [0.29, 0.717) is 0 Å². The average Bonchev–Trinajstić information content (AvgIpc) is 1.93. The van der Waals surface area contributed by atoms with Gasteiger partial charge in [0.2, 0.25) is 5.25 Å². The Morgan fingerprint density at radius 1 is 1.20 bits per heavy atom. The van der Waals surface area contributed by atoms with Crippen molar-refractivity contribution >= 4 is 26.2 Å². The maximum Gasteiger partial charge on any atom is 0.331 e. The lowest BCUT2D eigenvalue weighted by atomic mass is 10.2. The minimum Gasteiger partial charge on any atom is -0.480 e. The van der Waals surface area contributed by atoms with Crippen molar-refractivity contribution in [1.82, 2.24) is 0 Å². The molecule has 3 N–H and O–H groups in total. The van der Waals surface area contributed by atoms with Crippen molar-refractivity contribution in [2.75, 3.05) is 0 Å². The fourth-order valence-corrected chi connectivity index (χ4v) is 3.19. The molecule has 0 aliphatic carbocycles. The van der Waals surface area contributed by atoms with E-state index < -0.39 is 43.1 Å².